The third kappa shape index (κ3) is 43.3. The predicted molar refractivity (Wildman–Crippen MR) is 242 cm³/mol. The molecule has 0 rings (SSSR count). The minimum Gasteiger partial charge on any atom is -0.462 e. The number of carbonyl (C=O) groups excluding carboxylic acids is 2. The van der Waals surface area contributed by atoms with Gasteiger partial charge in [0, 0.05) is 12.8 Å². The first-order valence-corrected chi connectivity index (χ1v) is 24.4. The molecule has 0 aromatic carbocycles. The highest BCUT2D eigenvalue weighted by Gasteiger charge is 2.27. The third-order valence-corrected chi connectivity index (χ3v) is 10.3. The van der Waals surface area contributed by atoms with Crippen LogP contribution in [0, 0.1) is 0 Å². The van der Waals surface area contributed by atoms with Gasteiger partial charge in [0.25, 0.3) is 0 Å². The summed E-state index contributed by atoms with van der Waals surface area (Å²) in [6, 6.07) is 0. The van der Waals surface area contributed by atoms with E-state index in [1.807, 2.05) is 0 Å². The quantitative estimate of drug-likeness (QED) is 0.0234. The number of hydrogen-bond acceptors (Lipinski definition) is 9. The van der Waals surface area contributed by atoms with Crippen LogP contribution in [-0.2, 0) is 32.7 Å². The van der Waals surface area contributed by atoms with Crippen LogP contribution >= 0.6 is 7.82 Å². The SMILES string of the molecule is CCCCC/C=C/C/C=C/C/C=C/C/C=C/CCCCCC(=O)OC[C@H](COP(=O)(O)OC[C@@H](O)CO)OC(=O)CCCCCCCCC/C=C/C/C=C/CCCCC. The summed E-state index contributed by atoms with van der Waals surface area (Å²) in [6.45, 7) is 2.28. The summed E-state index contributed by atoms with van der Waals surface area (Å²) in [4.78, 5) is 35.0. The minimum atomic E-state index is -4.63. The molecule has 59 heavy (non-hydrogen) atoms. The summed E-state index contributed by atoms with van der Waals surface area (Å²) >= 11 is 0. The van der Waals surface area contributed by atoms with Crippen LogP contribution < -0.4 is 0 Å². The Morgan fingerprint density at radius 3 is 1.34 bits per heavy atom. The molecule has 340 valence electrons. The zero-order valence-electron chi connectivity index (χ0n) is 36.9. The third-order valence-electron chi connectivity index (χ3n) is 9.33. The first kappa shape index (κ1) is 56.4. The van der Waals surface area contributed by atoms with Crippen molar-refractivity contribution in [2.24, 2.45) is 0 Å². The molecule has 0 saturated carbocycles. The fraction of sp³-hybridized carbons (Fsp3) is 0.708. The molecule has 0 aliphatic carbocycles. The normalized spacial score (nSPS) is 14.5. The van der Waals surface area contributed by atoms with Crippen LogP contribution in [-0.4, -0.2) is 65.7 Å². The zero-order valence-corrected chi connectivity index (χ0v) is 37.8. The van der Waals surface area contributed by atoms with Crippen LogP contribution in [0.5, 0.6) is 0 Å². The molecule has 3 atom stereocenters. The van der Waals surface area contributed by atoms with Gasteiger partial charge < -0.3 is 24.6 Å². The van der Waals surface area contributed by atoms with Crippen molar-refractivity contribution < 1.29 is 47.8 Å². The van der Waals surface area contributed by atoms with Crippen molar-refractivity contribution in [2.75, 3.05) is 26.4 Å². The van der Waals surface area contributed by atoms with E-state index in [9.17, 15) is 24.2 Å². The molecule has 10 nitrogen and oxygen atoms in total. The summed E-state index contributed by atoms with van der Waals surface area (Å²) in [5.74, 6) is -0.974. The highest BCUT2D eigenvalue weighted by atomic mass is 31.2. The monoisotopic (exact) mass is 851 g/mol. The maximum atomic E-state index is 12.6. The maximum absolute atomic E-state index is 12.6. The number of esters is 2. The van der Waals surface area contributed by atoms with Gasteiger partial charge in [-0.05, 0) is 89.9 Å². The lowest BCUT2D eigenvalue weighted by Crippen LogP contribution is -2.29. The van der Waals surface area contributed by atoms with Crippen molar-refractivity contribution in [3.05, 3.63) is 72.9 Å². The molecule has 0 aliphatic heterocycles. The molecule has 0 heterocycles. The summed E-state index contributed by atoms with van der Waals surface area (Å²) < 4.78 is 32.7. The van der Waals surface area contributed by atoms with E-state index >= 15 is 0 Å². The van der Waals surface area contributed by atoms with Crippen molar-refractivity contribution in [1.29, 1.82) is 0 Å². The molecule has 0 radical (unpaired) electrons. The number of unbranched alkanes of at least 4 members (excludes halogenated alkanes) is 16. The van der Waals surface area contributed by atoms with E-state index < -0.39 is 51.8 Å². The molecule has 0 aromatic heterocycles. The van der Waals surface area contributed by atoms with Crippen molar-refractivity contribution in [1.82, 2.24) is 0 Å². The summed E-state index contributed by atoms with van der Waals surface area (Å²) in [5.41, 5.74) is 0. The second-order valence-electron chi connectivity index (χ2n) is 15.1. The number of allylic oxidation sites excluding steroid dienone is 12. The maximum Gasteiger partial charge on any atom is 0.472 e. The van der Waals surface area contributed by atoms with Gasteiger partial charge in [0.15, 0.2) is 6.10 Å². The summed E-state index contributed by atoms with van der Waals surface area (Å²) in [5, 5.41) is 18.4. The van der Waals surface area contributed by atoms with Crippen molar-refractivity contribution in [2.45, 2.75) is 193 Å². The van der Waals surface area contributed by atoms with Gasteiger partial charge in [0.05, 0.1) is 19.8 Å². The fourth-order valence-electron chi connectivity index (χ4n) is 5.77. The first-order chi connectivity index (χ1) is 28.7. The summed E-state index contributed by atoms with van der Waals surface area (Å²) in [7, 11) is -4.63. The number of aliphatic hydroxyl groups is 2. The summed E-state index contributed by atoms with van der Waals surface area (Å²) in [6.07, 6.45) is 50.0. The zero-order chi connectivity index (χ0) is 43.3. The lowest BCUT2D eigenvalue weighted by molar-refractivity contribution is -0.161. The lowest BCUT2D eigenvalue weighted by atomic mass is 10.1. The molecular weight excluding hydrogens is 767 g/mol. The highest BCUT2D eigenvalue weighted by molar-refractivity contribution is 7.47. The number of hydrogen-bond donors (Lipinski definition) is 3. The Morgan fingerprint density at radius 1 is 0.508 bits per heavy atom. The molecule has 0 aliphatic rings. The average molecular weight is 851 g/mol. The van der Waals surface area contributed by atoms with Gasteiger partial charge in [-0.3, -0.25) is 18.6 Å². The van der Waals surface area contributed by atoms with E-state index in [1.54, 1.807) is 0 Å². The molecule has 0 aromatic rings. The van der Waals surface area contributed by atoms with Crippen LogP contribution in [0.25, 0.3) is 0 Å². The van der Waals surface area contributed by atoms with Crippen LogP contribution in [0.3, 0.4) is 0 Å². The predicted octanol–water partition coefficient (Wildman–Crippen LogP) is 12.4. The molecule has 0 amide bonds. The lowest BCUT2D eigenvalue weighted by Gasteiger charge is -2.20. The van der Waals surface area contributed by atoms with E-state index in [2.05, 4.69) is 86.8 Å². The fourth-order valence-corrected chi connectivity index (χ4v) is 6.56. The molecule has 0 bridgehead atoms. The van der Waals surface area contributed by atoms with Crippen LogP contribution in [0.4, 0.5) is 0 Å². The molecule has 1 unspecified atom stereocenters. The second kappa shape index (κ2) is 43.5. The average Bonchev–Trinajstić information content (AvgIpc) is 3.22. The molecule has 0 fully saturated rings. The topological polar surface area (TPSA) is 149 Å². The van der Waals surface area contributed by atoms with Gasteiger partial charge in [-0.2, -0.15) is 0 Å². The minimum absolute atomic E-state index is 0.164. The van der Waals surface area contributed by atoms with Gasteiger partial charge in [0.1, 0.15) is 12.7 Å². The van der Waals surface area contributed by atoms with Crippen molar-refractivity contribution in [3.8, 4) is 0 Å². The Labute approximate surface area is 358 Å². The Balaban J connectivity index is 4.35. The van der Waals surface area contributed by atoms with E-state index in [0.29, 0.717) is 12.8 Å². The van der Waals surface area contributed by atoms with Gasteiger partial charge in [0.2, 0.25) is 0 Å². The number of aliphatic hydroxyl groups excluding tert-OH is 2. The van der Waals surface area contributed by atoms with Gasteiger partial charge in [-0.15, -0.1) is 0 Å². The molecule has 0 saturated heterocycles. The van der Waals surface area contributed by atoms with Crippen LogP contribution in [0.15, 0.2) is 72.9 Å². The molecular formula is C48H83O10P. The van der Waals surface area contributed by atoms with Crippen molar-refractivity contribution >= 4 is 19.8 Å². The number of phosphoric acid groups is 1. The van der Waals surface area contributed by atoms with E-state index in [-0.39, 0.29) is 19.4 Å². The van der Waals surface area contributed by atoms with Gasteiger partial charge in [-0.25, -0.2) is 4.57 Å². The van der Waals surface area contributed by atoms with Crippen LogP contribution in [0.2, 0.25) is 0 Å². The first-order valence-electron chi connectivity index (χ1n) is 22.9. The Kier molecular flexibility index (Phi) is 41.6. The second-order valence-corrected chi connectivity index (χ2v) is 16.5. The highest BCUT2D eigenvalue weighted by Crippen LogP contribution is 2.43. The Bertz CT molecular complexity index is 1210. The van der Waals surface area contributed by atoms with E-state index in [0.717, 1.165) is 77.0 Å². The van der Waals surface area contributed by atoms with Crippen molar-refractivity contribution in [3.63, 3.8) is 0 Å². The number of carbonyl (C=O) groups is 2. The van der Waals surface area contributed by atoms with Crippen LogP contribution in [0.1, 0.15) is 181 Å². The Morgan fingerprint density at radius 2 is 0.881 bits per heavy atom. The standard InChI is InChI=1S/C48H83O10P/c1-3-5-7-9-11-13-15-17-19-21-22-24-25-27-29-31-33-35-37-39-47(51)55-43-46(44-57-59(53,54)56-42-45(50)41-49)58-48(52)40-38-36-34-32-30-28-26-23-20-18-16-14-12-10-8-6-4-2/h11-14,17-20,22,24,27,29,45-46,49-50H,3-10,15-16,21,23,25-26,28,30-44H2,1-2H3,(H,53,54)/b13-11+,14-12+,19-17+,20-18+,24-22+,29-27+/t45-,46+/m0/s1. The smallest absolute Gasteiger partial charge is 0.462 e. The van der Waals surface area contributed by atoms with Gasteiger partial charge >= 0.3 is 19.8 Å². The number of ether oxygens (including phenoxy) is 2. The Hall–Kier alpha value is -2.59. The molecule has 11 heteroatoms. The molecule has 0 spiro atoms. The van der Waals surface area contributed by atoms with Gasteiger partial charge in [-0.1, -0.05) is 151 Å². The number of rotatable bonds is 42. The number of phosphoric ester groups is 1. The molecule has 3 N–H and O–H groups in total. The largest absolute Gasteiger partial charge is 0.472 e. The van der Waals surface area contributed by atoms with E-state index in [1.165, 1.54) is 64.2 Å². The van der Waals surface area contributed by atoms with E-state index in [4.69, 9.17) is 23.6 Å².